The van der Waals surface area contributed by atoms with Gasteiger partial charge in [0.2, 0.25) is 0 Å². The predicted molar refractivity (Wildman–Crippen MR) is 83.5 cm³/mol. The Labute approximate surface area is 134 Å². The standard InChI is InChI=1S/C15H19ClN2O4/c1-4-21-14(19)11(15(20)22-5-2)8-9-17-12-6-7-13(16)18-10(12)3/h6-7,9,11H,4-5,8H2,1-3H3. The highest BCUT2D eigenvalue weighted by Crippen LogP contribution is 2.19. The van der Waals surface area contributed by atoms with Crippen LogP contribution in [0.15, 0.2) is 17.1 Å². The number of rotatable bonds is 7. The van der Waals surface area contributed by atoms with Crippen LogP contribution in [0.25, 0.3) is 0 Å². The molecule has 1 aromatic heterocycles. The maximum absolute atomic E-state index is 11.8. The summed E-state index contributed by atoms with van der Waals surface area (Å²) < 4.78 is 9.76. The molecule has 0 saturated carbocycles. The molecule has 22 heavy (non-hydrogen) atoms. The molecule has 7 heteroatoms. The lowest BCUT2D eigenvalue weighted by atomic mass is 10.1. The van der Waals surface area contributed by atoms with Crippen LogP contribution < -0.4 is 0 Å². The van der Waals surface area contributed by atoms with E-state index in [1.807, 2.05) is 0 Å². The molecule has 0 atom stereocenters. The van der Waals surface area contributed by atoms with Crippen LogP contribution in [0, 0.1) is 12.8 Å². The van der Waals surface area contributed by atoms with Gasteiger partial charge in [-0.25, -0.2) is 4.98 Å². The van der Waals surface area contributed by atoms with E-state index in [0.29, 0.717) is 16.5 Å². The van der Waals surface area contributed by atoms with E-state index in [0.717, 1.165) is 0 Å². The third kappa shape index (κ3) is 5.44. The first kappa shape index (κ1) is 18.1. The highest BCUT2D eigenvalue weighted by molar-refractivity contribution is 6.29. The third-order valence-corrected chi connectivity index (χ3v) is 2.95. The van der Waals surface area contributed by atoms with E-state index in [1.54, 1.807) is 32.9 Å². The number of nitrogens with zero attached hydrogens (tertiary/aromatic N) is 2. The fourth-order valence-electron chi connectivity index (χ4n) is 1.69. The lowest BCUT2D eigenvalue weighted by molar-refractivity contribution is -0.161. The Hall–Kier alpha value is -1.95. The van der Waals surface area contributed by atoms with Crippen molar-refractivity contribution in [1.82, 2.24) is 4.98 Å². The van der Waals surface area contributed by atoms with Gasteiger partial charge in [0.1, 0.15) is 5.15 Å². The second-order valence-corrected chi connectivity index (χ2v) is 4.73. The Bertz CT molecular complexity index is 542. The molecule has 1 heterocycles. The van der Waals surface area contributed by atoms with Gasteiger partial charge in [-0.05, 0) is 32.9 Å². The maximum atomic E-state index is 11.8. The van der Waals surface area contributed by atoms with Crippen LogP contribution >= 0.6 is 11.6 Å². The van der Waals surface area contributed by atoms with Gasteiger partial charge in [0.05, 0.1) is 24.6 Å². The number of hydrogen-bond acceptors (Lipinski definition) is 6. The number of esters is 2. The Morgan fingerprint density at radius 3 is 2.36 bits per heavy atom. The van der Waals surface area contributed by atoms with E-state index in [-0.39, 0.29) is 19.6 Å². The first-order valence-electron chi connectivity index (χ1n) is 6.98. The summed E-state index contributed by atoms with van der Waals surface area (Å²) in [6.45, 7) is 5.53. The lowest BCUT2D eigenvalue weighted by Crippen LogP contribution is -2.28. The van der Waals surface area contributed by atoms with Crippen LogP contribution in [-0.4, -0.2) is 36.4 Å². The van der Waals surface area contributed by atoms with Gasteiger partial charge < -0.3 is 9.47 Å². The van der Waals surface area contributed by atoms with Crippen LogP contribution in [0.5, 0.6) is 0 Å². The second-order valence-electron chi connectivity index (χ2n) is 4.34. The molecule has 0 aliphatic carbocycles. The first-order valence-corrected chi connectivity index (χ1v) is 7.36. The number of aromatic nitrogens is 1. The second kappa shape index (κ2) is 9.15. The fraction of sp³-hybridized carbons (Fsp3) is 0.467. The number of aryl methyl sites for hydroxylation is 1. The minimum Gasteiger partial charge on any atom is -0.465 e. The molecule has 0 aliphatic heterocycles. The number of carbonyl (C=O) groups is 2. The normalized spacial score (nSPS) is 11.0. The molecule has 0 spiro atoms. The molecule has 0 saturated heterocycles. The third-order valence-electron chi connectivity index (χ3n) is 2.74. The SMILES string of the molecule is CCOC(=O)C(CC=Nc1ccc(Cl)nc1C)C(=O)OCC. The molecular formula is C15H19ClN2O4. The number of halogens is 1. The smallest absolute Gasteiger partial charge is 0.320 e. The van der Waals surface area contributed by atoms with Gasteiger partial charge in [-0.3, -0.25) is 14.6 Å². The minimum absolute atomic E-state index is 0.0970. The Balaban J connectivity index is 2.79. The average Bonchev–Trinajstić information content (AvgIpc) is 2.45. The molecule has 1 rings (SSSR count). The molecule has 0 fully saturated rings. The van der Waals surface area contributed by atoms with Gasteiger partial charge in [-0.15, -0.1) is 0 Å². The highest BCUT2D eigenvalue weighted by Gasteiger charge is 2.28. The van der Waals surface area contributed by atoms with Crippen molar-refractivity contribution in [1.29, 1.82) is 0 Å². The van der Waals surface area contributed by atoms with Gasteiger partial charge in [-0.1, -0.05) is 11.6 Å². The van der Waals surface area contributed by atoms with Gasteiger partial charge in [0, 0.05) is 12.6 Å². The van der Waals surface area contributed by atoms with Crippen molar-refractivity contribution in [2.24, 2.45) is 10.9 Å². The summed E-state index contributed by atoms with van der Waals surface area (Å²) in [6.07, 6.45) is 1.58. The van der Waals surface area contributed by atoms with E-state index < -0.39 is 17.9 Å². The number of ether oxygens (including phenoxy) is 2. The molecule has 0 radical (unpaired) electrons. The zero-order valence-corrected chi connectivity index (χ0v) is 13.6. The summed E-state index contributed by atoms with van der Waals surface area (Å²) in [5, 5.41) is 0.382. The summed E-state index contributed by atoms with van der Waals surface area (Å²) in [6, 6.07) is 3.33. The Morgan fingerprint density at radius 1 is 1.27 bits per heavy atom. The van der Waals surface area contributed by atoms with Crippen molar-refractivity contribution >= 4 is 35.4 Å². The number of hydrogen-bond donors (Lipinski definition) is 0. The fourth-order valence-corrected chi connectivity index (χ4v) is 1.88. The monoisotopic (exact) mass is 326 g/mol. The van der Waals surface area contributed by atoms with Crippen molar-refractivity contribution in [3.63, 3.8) is 0 Å². The van der Waals surface area contributed by atoms with Crippen molar-refractivity contribution in [2.45, 2.75) is 27.2 Å². The van der Waals surface area contributed by atoms with E-state index in [2.05, 4.69) is 9.98 Å². The molecular weight excluding hydrogens is 308 g/mol. The van der Waals surface area contributed by atoms with Crippen molar-refractivity contribution < 1.29 is 19.1 Å². The van der Waals surface area contributed by atoms with Crippen LogP contribution in [0.3, 0.4) is 0 Å². The molecule has 0 bridgehead atoms. The molecule has 0 unspecified atom stereocenters. The zero-order chi connectivity index (χ0) is 16.5. The molecule has 0 aromatic carbocycles. The molecule has 0 amide bonds. The van der Waals surface area contributed by atoms with Crippen LogP contribution in [0.4, 0.5) is 5.69 Å². The summed E-state index contributed by atoms with van der Waals surface area (Å²) in [5.41, 5.74) is 1.28. The number of pyridine rings is 1. The average molecular weight is 327 g/mol. The van der Waals surface area contributed by atoms with E-state index in [4.69, 9.17) is 21.1 Å². The largest absolute Gasteiger partial charge is 0.465 e. The Kier molecular flexibility index (Phi) is 7.52. The van der Waals surface area contributed by atoms with Gasteiger partial charge in [-0.2, -0.15) is 0 Å². The quantitative estimate of drug-likeness (QED) is 0.333. The summed E-state index contributed by atoms with van der Waals surface area (Å²) in [4.78, 5) is 31.9. The van der Waals surface area contributed by atoms with Gasteiger partial charge in [0.25, 0.3) is 0 Å². The Morgan fingerprint density at radius 2 is 1.86 bits per heavy atom. The molecule has 1 aromatic rings. The predicted octanol–water partition coefficient (Wildman–Crippen LogP) is 2.88. The van der Waals surface area contributed by atoms with Crippen LogP contribution in [0.2, 0.25) is 5.15 Å². The highest BCUT2D eigenvalue weighted by atomic mass is 35.5. The van der Waals surface area contributed by atoms with E-state index >= 15 is 0 Å². The van der Waals surface area contributed by atoms with Crippen LogP contribution in [-0.2, 0) is 19.1 Å². The van der Waals surface area contributed by atoms with Crippen LogP contribution in [0.1, 0.15) is 26.0 Å². The van der Waals surface area contributed by atoms with Crippen molar-refractivity contribution in [3.8, 4) is 0 Å². The van der Waals surface area contributed by atoms with Crippen molar-refractivity contribution in [3.05, 3.63) is 23.0 Å². The molecule has 6 nitrogen and oxygen atoms in total. The minimum atomic E-state index is -1.01. The maximum Gasteiger partial charge on any atom is 0.320 e. The summed E-state index contributed by atoms with van der Waals surface area (Å²) in [5.74, 6) is -2.24. The number of carbonyl (C=O) groups excluding carboxylic acids is 2. The summed E-state index contributed by atoms with van der Waals surface area (Å²) in [7, 11) is 0. The molecule has 0 aliphatic rings. The number of aliphatic imine (C=N–C) groups is 1. The first-order chi connectivity index (χ1) is 10.5. The van der Waals surface area contributed by atoms with E-state index in [9.17, 15) is 9.59 Å². The van der Waals surface area contributed by atoms with Gasteiger partial charge >= 0.3 is 11.9 Å². The van der Waals surface area contributed by atoms with E-state index in [1.165, 1.54) is 6.21 Å². The lowest BCUT2D eigenvalue weighted by Gasteiger charge is -2.12. The zero-order valence-electron chi connectivity index (χ0n) is 12.8. The topological polar surface area (TPSA) is 77.9 Å². The van der Waals surface area contributed by atoms with Gasteiger partial charge in [0.15, 0.2) is 5.92 Å². The molecule has 120 valence electrons. The molecule has 0 N–H and O–H groups in total. The van der Waals surface area contributed by atoms with Crippen molar-refractivity contribution in [2.75, 3.05) is 13.2 Å². The summed E-state index contributed by atoms with van der Waals surface area (Å²) >= 11 is 5.77.